The molecule has 0 amide bonds. The number of benzene rings is 3. The van der Waals surface area contributed by atoms with Gasteiger partial charge in [-0.1, -0.05) is 53.7 Å². The quantitative estimate of drug-likeness (QED) is 0.376. The molecule has 0 N–H and O–H groups in total. The molecule has 9 heteroatoms. The van der Waals surface area contributed by atoms with E-state index in [2.05, 4.69) is 10.3 Å². The Balaban J connectivity index is 1.42. The lowest BCUT2D eigenvalue weighted by molar-refractivity contribution is -0.0678. The molecule has 0 spiro atoms. The molecule has 1 saturated heterocycles. The molecule has 3 aromatic carbocycles. The molecule has 0 radical (unpaired) electrons. The molecule has 1 fully saturated rings. The zero-order valence-corrected chi connectivity index (χ0v) is 18.9. The minimum Gasteiger partial charge on any atom is -0.459 e. The number of carbonyl (C=O) groups excluding carboxylic acids is 2. The highest BCUT2D eigenvalue weighted by Gasteiger charge is 2.50. The molecular formula is C26H23N3O6. The third-order valence-electron chi connectivity index (χ3n) is 5.82. The molecule has 4 atom stereocenters. The van der Waals surface area contributed by atoms with Crippen LogP contribution in [0, 0.1) is 0 Å². The lowest BCUT2D eigenvalue weighted by Gasteiger charge is -2.23. The molecule has 1 aliphatic heterocycles. The fourth-order valence-electron chi connectivity index (χ4n) is 4.09. The molecular weight excluding hydrogens is 450 g/mol. The van der Waals surface area contributed by atoms with Gasteiger partial charge in [0.1, 0.15) is 24.3 Å². The Morgan fingerprint density at radius 3 is 2.17 bits per heavy atom. The van der Waals surface area contributed by atoms with Crippen LogP contribution >= 0.6 is 0 Å². The van der Waals surface area contributed by atoms with Gasteiger partial charge in [0.05, 0.1) is 16.6 Å². The van der Waals surface area contributed by atoms with Crippen molar-refractivity contribution in [3.8, 4) is 0 Å². The van der Waals surface area contributed by atoms with Gasteiger partial charge in [-0.15, -0.1) is 5.10 Å². The van der Waals surface area contributed by atoms with Crippen LogP contribution in [0.1, 0.15) is 26.9 Å². The van der Waals surface area contributed by atoms with E-state index in [4.69, 9.17) is 18.9 Å². The molecule has 0 aliphatic carbocycles. The van der Waals surface area contributed by atoms with Crippen molar-refractivity contribution in [3.63, 3.8) is 0 Å². The first-order valence-corrected chi connectivity index (χ1v) is 11.1. The summed E-state index contributed by atoms with van der Waals surface area (Å²) in [6, 6.07) is 24.7. The van der Waals surface area contributed by atoms with Gasteiger partial charge in [-0.25, -0.2) is 14.3 Å². The Hall–Kier alpha value is -4.08. The normalized spacial score (nSPS) is 21.6. The highest BCUT2D eigenvalue weighted by molar-refractivity contribution is 5.90. The van der Waals surface area contributed by atoms with E-state index in [9.17, 15) is 9.59 Å². The number of rotatable bonds is 7. The smallest absolute Gasteiger partial charge is 0.338 e. The first kappa shape index (κ1) is 22.7. The van der Waals surface area contributed by atoms with Crippen molar-refractivity contribution in [2.24, 2.45) is 0 Å². The van der Waals surface area contributed by atoms with E-state index in [1.807, 2.05) is 36.4 Å². The van der Waals surface area contributed by atoms with Crippen molar-refractivity contribution < 1.29 is 28.5 Å². The van der Waals surface area contributed by atoms with E-state index in [1.54, 1.807) is 53.2 Å². The van der Waals surface area contributed by atoms with Crippen LogP contribution in [0.5, 0.6) is 0 Å². The minimum atomic E-state index is -0.871. The third kappa shape index (κ3) is 4.64. The average Bonchev–Trinajstić information content (AvgIpc) is 3.49. The summed E-state index contributed by atoms with van der Waals surface area (Å²) in [6.45, 7) is -0.149. The van der Waals surface area contributed by atoms with Crippen LogP contribution in [0.15, 0.2) is 84.9 Å². The summed E-state index contributed by atoms with van der Waals surface area (Å²) >= 11 is 0. The SMILES string of the molecule is CO[C@@H]1[C@H](OC(=O)c2ccccc2)[C@@H](COC(=O)c2ccccc2)O[C@H]1n1nnc2ccccc21. The van der Waals surface area contributed by atoms with Crippen molar-refractivity contribution in [1.29, 1.82) is 0 Å². The van der Waals surface area contributed by atoms with E-state index in [-0.39, 0.29) is 6.61 Å². The first-order valence-electron chi connectivity index (χ1n) is 11.1. The number of nitrogens with zero attached hydrogens (tertiary/aromatic N) is 3. The van der Waals surface area contributed by atoms with Crippen LogP contribution in [0.3, 0.4) is 0 Å². The molecule has 2 heterocycles. The molecule has 0 unspecified atom stereocenters. The van der Waals surface area contributed by atoms with E-state index in [0.29, 0.717) is 16.6 Å². The van der Waals surface area contributed by atoms with Crippen molar-refractivity contribution in [3.05, 3.63) is 96.1 Å². The molecule has 9 nitrogen and oxygen atoms in total. The minimum absolute atomic E-state index is 0.149. The van der Waals surface area contributed by atoms with Gasteiger partial charge in [0.15, 0.2) is 12.3 Å². The molecule has 178 valence electrons. The lowest BCUT2D eigenvalue weighted by Crippen LogP contribution is -2.40. The van der Waals surface area contributed by atoms with E-state index < -0.39 is 36.5 Å². The summed E-state index contributed by atoms with van der Waals surface area (Å²) in [4.78, 5) is 25.4. The van der Waals surface area contributed by atoms with Gasteiger partial charge in [-0.3, -0.25) is 0 Å². The molecule has 0 saturated carbocycles. The first-order chi connectivity index (χ1) is 17.2. The lowest BCUT2D eigenvalue weighted by atomic mass is 10.1. The fraction of sp³-hybridized carbons (Fsp3) is 0.231. The van der Waals surface area contributed by atoms with Crippen LogP contribution in [0.2, 0.25) is 0 Å². The summed E-state index contributed by atoms with van der Waals surface area (Å²) in [5, 5.41) is 8.43. The molecule has 35 heavy (non-hydrogen) atoms. The second-order valence-electron chi connectivity index (χ2n) is 7.99. The van der Waals surface area contributed by atoms with Gasteiger partial charge in [0, 0.05) is 7.11 Å². The number of para-hydroxylation sites is 1. The number of aromatic nitrogens is 3. The van der Waals surface area contributed by atoms with Crippen LogP contribution < -0.4 is 0 Å². The Labute approximate surface area is 201 Å². The van der Waals surface area contributed by atoms with Gasteiger partial charge in [0.25, 0.3) is 0 Å². The van der Waals surface area contributed by atoms with Gasteiger partial charge in [-0.2, -0.15) is 0 Å². The molecule has 1 aliphatic rings. The number of esters is 2. The average molecular weight is 473 g/mol. The second-order valence-corrected chi connectivity index (χ2v) is 7.99. The highest BCUT2D eigenvalue weighted by atomic mass is 16.6. The predicted octanol–water partition coefficient (Wildman–Crippen LogP) is 3.43. The largest absolute Gasteiger partial charge is 0.459 e. The maximum absolute atomic E-state index is 12.9. The molecule has 0 bridgehead atoms. The van der Waals surface area contributed by atoms with Gasteiger partial charge < -0.3 is 18.9 Å². The van der Waals surface area contributed by atoms with Crippen molar-refractivity contribution in [2.45, 2.75) is 24.5 Å². The summed E-state index contributed by atoms with van der Waals surface area (Å²) in [5.74, 6) is -1.05. The number of hydrogen-bond acceptors (Lipinski definition) is 8. The van der Waals surface area contributed by atoms with Crippen LogP contribution in [-0.2, 0) is 18.9 Å². The van der Waals surface area contributed by atoms with Crippen molar-refractivity contribution in [2.75, 3.05) is 13.7 Å². The van der Waals surface area contributed by atoms with Crippen molar-refractivity contribution >= 4 is 23.0 Å². The van der Waals surface area contributed by atoms with Crippen molar-refractivity contribution in [1.82, 2.24) is 15.0 Å². The summed E-state index contributed by atoms with van der Waals surface area (Å²) in [6.07, 6.45) is -3.16. The molecule has 4 aromatic rings. The summed E-state index contributed by atoms with van der Waals surface area (Å²) in [7, 11) is 1.50. The Kier molecular flexibility index (Phi) is 6.51. The fourth-order valence-corrected chi connectivity index (χ4v) is 4.09. The zero-order valence-electron chi connectivity index (χ0n) is 18.9. The Morgan fingerprint density at radius 1 is 0.857 bits per heavy atom. The Bertz CT molecular complexity index is 1310. The van der Waals surface area contributed by atoms with E-state index >= 15 is 0 Å². The standard InChI is InChI=1S/C26H23N3O6/c1-32-23-22(35-26(31)18-12-6-3-7-13-18)21(16-33-25(30)17-10-4-2-5-11-17)34-24(23)29-20-15-9-8-14-19(20)27-28-29/h2-15,21-24H,16H2,1H3/t21-,22-,23-,24-/m1/s1. The van der Waals surface area contributed by atoms with E-state index in [1.165, 1.54) is 7.11 Å². The van der Waals surface area contributed by atoms with Crippen LogP contribution in [0.25, 0.3) is 11.0 Å². The third-order valence-corrected chi connectivity index (χ3v) is 5.82. The molecule has 5 rings (SSSR count). The molecule has 1 aromatic heterocycles. The van der Waals surface area contributed by atoms with Crippen LogP contribution in [0.4, 0.5) is 0 Å². The Morgan fingerprint density at radius 2 is 1.49 bits per heavy atom. The maximum atomic E-state index is 12.9. The second kappa shape index (κ2) is 10.0. The van der Waals surface area contributed by atoms with Gasteiger partial charge in [-0.05, 0) is 36.4 Å². The number of ether oxygens (including phenoxy) is 4. The zero-order chi connectivity index (χ0) is 24.2. The number of methoxy groups -OCH3 is 1. The predicted molar refractivity (Wildman–Crippen MR) is 125 cm³/mol. The number of carbonyl (C=O) groups is 2. The monoisotopic (exact) mass is 473 g/mol. The van der Waals surface area contributed by atoms with Gasteiger partial charge >= 0.3 is 11.9 Å². The number of hydrogen-bond donors (Lipinski definition) is 0. The number of fused-ring (bicyclic) bond motifs is 1. The topological polar surface area (TPSA) is 102 Å². The summed E-state index contributed by atoms with van der Waals surface area (Å²) in [5.41, 5.74) is 2.21. The highest BCUT2D eigenvalue weighted by Crippen LogP contribution is 2.35. The van der Waals surface area contributed by atoms with E-state index in [0.717, 1.165) is 5.52 Å². The summed E-state index contributed by atoms with van der Waals surface area (Å²) < 4.78 is 24.9. The van der Waals surface area contributed by atoms with Crippen LogP contribution in [-0.4, -0.2) is 59.0 Å². The maximum Gasteiger partial charge on any atom is 0.338 e. The van der Waals surface area contributed by atoms with Gasteiger partial charge in [0.2, 0.25) is 0 Å².